The number of likely N-dealkylation sites (tertiary alicyclic amines) is 1. The van der Waals surface area contributed by atoms with Crippen LogP contribution in [0.1, 0.15) is 35.6 Å². The van der Waals surface area contributed by atoms with Crippen LogP contribution < -0.4 is 19.8 Å². The summed E-state index contributed by atoms with van der Waals surface area (Å²) >= 11 is 0. The highest BCUT2D eigenvalue weighted by molar-refractivity contribution is 7.90. The molecule has 1 aliphatic heterocycles. The third-order valence-corrected chi connectivity index (χ3v) is 7.53. The number of ether oxygens (including phenoxy) is 1. The molecule has 1 amide bonds. The molecule has 4 rings (SSSR count). The Morgan fingerprint density at radius 3 is 2.51 bits per heavy atom. The van der Waals surface area contributed by atoms with Crippen LogP contribution in [0.5, 0.6) is 5.75 Å². The highest BCUT2D eigenvalue weighted by Gasteiger charge is 2.23. The lowest BCUT2D eigenvalue weighted by atomic mass is 9.93. The molecule has 2 N–H and O–H groups in total. The Morgan fingerprint density at radius 2 is 1.89 bits per heavy atom. The van der Waals surface area contributed by atoms with Crippen molar-refractivity contribution in [3.63, 3.8) is 0 Å². The number of benzene rings is 2. The van der Waals surface area contributed by atoms with Crippen molar-refractivity contribution in [2.45, 2.75) is 32.7 Å². The first-order valence-corrected chi connectivity index (χ1v) is 13.6. The first kappa shape index (κ1) is 26.6. The third kappa shape index (κ3) is 5.95. The van der Waals surface area contributed by atoms with Crippen LogP contribution in [0.2, 0.25) is 0 Å². The highest BCUT2D eigenvalue weighted by Crippen LogP contribution is 2.30. The van der Waals surface area contributed by atoms with Crippen LogP contribution in [0.15, 0.2) is 45.6 Å². The van der Waals surface area contributed by atoms with Gasteiger partial charge in [-0.3, -0.25) is 9.62 Å². The quantitative estimate of drug-likeness (QED) is 0.410. The van der Waals surface area contributed by atoms with E-state index in [1.165, 1.54) is 11.9 Å². The summed E-state index contributed by atoms with van der Waals surface area (Å²) in [7, 11) is 0.820. The number of amides is 1. The second kappa shape index (κ2) is 10.9. The number of anilines is 1. The Labute approximate surface area is 216 Å². The molecule has 1 saturated heterocycles. The van der Waals surface area contributed by atoms with Crippen LogP contribution in [-0.4, -0.2) is 58.5 Å². The predicted octanol–water partition coefficient (Wildman–Crippen LogP) is 3.09. The lowest BCUT2D eigenvalue weighted by molar-refractivity contribution is 0.171. The van der Waals surface area contributed by atoms with Crippen molar-refractivity contribution in [1.82, 2.24) is 14.5 Å². The van der Waals surface area contributed by atoms with E-state index >= 15 is 0 Å². The summed E-state index contributed by atoms with van der Waals surface area (Å²) in [6.07, 6.45) is 1.43. The molecule has 0 bridgehead atoms. The van der Waals surface area contributed by atoms with Gasteiger partial charge in [0.05, 0.1) is 5.69 Å². The molecule has 2 heterocycles. The summed E-state index contributed by atoms with van der Waals surface area (Å²) in [6.45, 7) is 4.42. The summed E-state index contributed by atoms with van der Waals surface area (Å²) in [5.41, 5.74) is 3.38. The second-order valence-corrected chi connectivity index (χ2v) is 10.8. The van der Waals surface area contributed by atoms with Crippen molar-refractivity contribution in [1.29, 1.82) is 0 Å². The van der Waals surface area contributed by atoms with E-state index in [1.807, 2.05) is 19.1 Å². The first-order chi connectivity index (χ1) is 17.6. The van der Waals surface area contributed by atoms with E-state index in [1.54, 1.807) is 38.4 Å². The van der Waals surface area contributed by atoms with E-state index in [0.717, 1.165) is 41.6 Å². The number of fused-ring (bicyclic) bond motifs is 1. The highest BCUT2D eigenvalue weighted by atomic mass is 32.2. The summed E-state index contributed by atoms with van der Waals surface area (Å²) < 4.78 is 40.1. The Balaban J connectivity index is 1.79. The molecule has 1 fully saturated rings. The lowest BCUT2D eigenvalue weighted by Gasteiger charge is -2.31. The number of rotatable bonds is 9. The molecule has 1 aliphatic rings. The predicted molar refractivity (Wildman–Crippen MR) is 142 cm³/mol. The summed E-state index contributed by atoms with van der Waals surface area (Å²) in [5, 5.41) is 0.774. The summed E-state index contributed by atoms with van der Waals surface area (Å²) in [4.78, 5) is 28.9. The van der Waals surface area contributed by atoms with Crippen LogP contribution in [-0.2, 0) is 29.6 Å². The van der Waals surface area contributed by atoms with Crippen LogP contribution in [0.25, 0.3) is 11.0 Å². The zero-order valence-electron chi connectivity index (χ0n) is 21.5. The number of carbonyl (C=O) groups excluding carboxylic acids is 1. The first-order valence-electron chi connectivity index (χ1n) is 12.1. The minimum atomic E-state index is -3.70. The number of carbonyl (C=O) groups is 1. The van der Waals surface area contributed by atoms with E-state index in [-0.39, 0.29) is 12.2 Å². The van der Waals surface area contributed by atoms with Crippen molar-refractivity contribution < 1.29 is 22.4 Å². The average Bonchev–Trinajstić information content (AvgIpc) is 2.82. The molecule has 11 heteroatoms. The minimum Gasteiger partial charge on any atom is -0.422 e. The largest absolute Gasteiger partial charge is 0.422 e. The average molecular weight is 529 g/mol. The van der Waals surface area contributed by atoms with Crippen LogP contribution in [0.3, 0.4) is 0 Å². The topological polar surface area (TPSA) is 121 Å². The van der Waals surface area contributed by atoms with Gasteiger partial charge in [-0.1, -0.05) is 19.1 Å². The third-order valence-electron chi connectivity index (χ3n) is 6.50. The molecule has 0 aliphatic carbocycles. The maximum absolute atomic E-state index is 13.3. The van der Waals surface area contributed by atoms with Gasteiger partial charge in [-0.15, -0.1) is 0 Å². The fourth-order valence-corrected chi connectivity index (χ4v) is 4.94. The van der Waals surface area contributed by atoms with Crippen LogP contribution in [0, 0.1) is 0 Å². The van der Waals surface area contributed by atoms with E-state index in [4.69, 9.17) is 9.15 Å². The lowest BCUT2D eigenvalue weighted by Crippen LogP contribution is -2.37. The molecule has 0 saturated carbocycles. The van der Waals surface area contributed by atoms with Gasteiger partial charge in [0.25, 0.3) is 10.2 Å². The molecule has 0 spiro atoms. The molecular formula is C26H32N4O6S. The van der Waals surface area contributed by atoms with Gasteiger partial charge in [0.1, 0.15) is 11.3 Å². The van der Waals surface area contributed by atoms with Gasteiger partial charge in [-0.05, 0) is 60.8 Å². The molecule has 2 aromatic carbocycles. The second-order valence-electron chi connectivity index (χ2n) is 9.18. The van der Waals surface area contributed by atoms with Gasteiger partial charge in [-0.2, -0.15) is 8.42 Å². The number of nitrogens with zero attached hydrogens (tertiary/aromatic N) is 2. The van der Waals surface area contributed by atoms with Gasteiger partial charge < -0.3 is 14.1 Å². The zero-order valence-corrected chi connectivity index (χ0v) is 22.3. The number of hydrogen-bond donors (Lipinski definition) is 2. The van der Waals surface area contributed by atoms with Gasteiger partial charge in [0, 0.05) is 51.1 Å². The molecular weight excluding hydrogens is 496 g/mol. The van der Waals surface area contributed by atoms with Gasteiger partial charge in [-0.25, -0.2) is 14.3 Å². The standard InChI is InChI=1S/C26H32N4O6S/c1-5-19-17(8-6-9-23(19)28-37(33,34)27-2)14-21-22(16-30-12-7-13-30)20-11-10-18(35-26(32)29(3)4)15-24(20)36-25(21)31/h6,8-11,15,27-28H,5,7,12-14,16H2,1-4H3. The Morgan fingerprint density at radius 1 is 1.14 bits per heavy atom. The SMILES string of the molecule is CCc1c(Cc2c(CN3CCC3)c3ccc(OC(=O)N(C)C)cc3oc2=O)cccc1NS(=O)(=O)NC. The molecule has 10 nitrogen and oxygen atoms in total. The summed E-state index contributed by atoms with van der Waals surface area (Å²) in [5.74, 6) is 0.287. The van der Waals surface area contributed by atoms with Gasteiger partial charge >= 0.3 is 11.7 Å². The normalized spacial score (nSPS) is 13.8. The maximum atomic E-state index is 13.3. The van der Waals surface area contributed by atoms with Gasteiger partial charge in [0.15, 0.2) is 0 Å². The molecule has 0 radical (unpaired) electrons. The van der Waals surface area contributed by atoms with E-state index < -0.39 is 21.9 Å². The van der Waals surface area contributed by atoms with Gasteiger partial charge in [0.2, 0.25) is 0 Å². The number of nitrogens with one attached hydrogen (secondary N) is 2. The van der Waals surface area contributed by atoms with Crippen LogP contribution in [0.4, 0.5) is 10.5 Å². The minimum absolute atomic E-state index is 0.287. The monoisotopic (exact) mass is 528 g/mol. The van der Waals surface area contributed by atoms with E-state index in [0.29, 0.717) is 29.8 Å². The van der Waals surface area contributed by atoms with E-state index in [2.05, 4.69) is 14.3 Å². The fourth-order valence-electron chi connectivity index (χ4n) is 4.36. The Kier molecular flexibility index (Phi) is 7.86. The maximum Gasteiger partial charge on any atom is 0.414 e. The smallest absolute Gasteiger partial charge is 0.414 e. The van der Waals surface area contributed by atoms with E-state index in [9.17, 15) is 18.0 Å². The molecule has 1 aromatic heterocycles. The fraction of sp³-hybridized carbons (Fsp3) is 0.385. The van der Waals surface area contributed by atoms with Crippen molar-refractivity contribution in [3.05, 3.63) is 69.1 Å². The molecule has 3 aromatic rings. The molecule has 198 valence electrons. The van der Waals surface area contributed by atoms with Crippen molar-refractivity contribution in [2.75, 3.05) is 39.0 Å². The van der Waals surface area contributed by atoms with Crippen molar-refractivity contribution >= 4 is 33.0 Å². The van der Waals surface area contributed by atoms with Crippen molar-refractivity contribution in [3.8, 4) is 5.75 Å². The Bertz CT molecular complexity index is 1480. The van der Waals surface area contributed by atoms with Crippen molar-refractivity contribution in [2.24, 2.45) is 0 Å². The molecule has 37 heavy (non-hydrogen) atoms. The van der Waals surface area contributed by atoms with Crippen LogP contribution >= 0.6 is 0 Å². The number of hydrogen-bond acceptors (Lipinski definition) is 7. The molecule has 0 unspecified atom stereocenters. The molecule has 0 atom stereocenters. The Hall–Kier alpha value is -3.41. The summed E-state index contributed by atoms with van der Waals surface area (Å²) in [6, 6.07) is 10.4. The zero-order chi connectivity index (χ0) is 26.7.